The number of hydrogen-bond donors (Lipinski definition) is 0. The van der Waals surface area contributed by atoms with Crippen molar-refractivity contribution in [1.29, 1.82) is 0 Å². The van der Waals surface area contributed by atoms with Crippen molar-refractivity contribution in [1.82, 2.24) is 4.90 Å². The average Bonchev–Trinajstić information content (AvgIpc) is 2.88. The molecule has 1 aliphatic rings. The van der Waals surface area contributed by atoms with Crippen LogP contribution in [0.5, 0.6) is 0 Å². The minimum absolute atomic E-state index is 0.0214. The van der Waals surface area contributed by atoms with Gasteiger partial charge in [0.2, 0.25) is 0 Å². The Balaban J connectivity index is 2.10. The molecule has 0 spiro atoms. The van der Waals surface area contributed by atoms with Crippen molar-refractivity contribution in [2.24, 2.45) is 5.92 Å². The van der Waals surface area contributed by atoms with E-state index in [1.165, 1.54) is 12.1 Å². The van der Waals surface area contributed by atoms with E-state index >= 15 is 0 Å². The van der Waals surface area contributed by atoms with E-state index in [1.807, 2.05) is 11.8 Å². The van der Waals surface area contributed by atoms with Crippen molar-refractivity contribution >= 4 is 5.91 Å². The van der Waals surface area contributed by atoms with Crippen molar-refractivity contribution in [2.45, 2.75) is 20.3 Å². The first-order valence-corrected chi connectivity index (χ1v) is 6.75. The quantitative estimate of drug-likeness (QED) is 0.837. The van der Waals surface area contributed by atoms with Gasteiger partial charge in [0.05, 0.1) is 6.61 Å². The van der Waals surface area contributed by atoms with Crippen LogP contribution in [0.25, 0.3) is 0 Å². The Kier molecular flexibility index (Phi) is 4.53. The van der Waals surface area contributed by atoms with Gasteiger partial charge in [0.25, 0.3) is 5.91 Å². The summed E-state index contributed by atoms with van der Waals surface area (Å²) in [5.41, 5.74) is 1.27. The molecule has 1 aromatic carbocycles. The lowest BCUT2D eigenvalue weighted by Gasteiger charge is -2.24. The van der Waals surface area contributed by atoms with Crippen LogP contribution in [0.3, 0.4) is 0 Å². The molecule has 1 amide bonds. The number of halogens is 1. The summed E-state index contributed by atoms with van der Waals surface area (Å²) in [5.74, 6) is 0.0952. The molecule has 4 heteroatoms. The summed E-state index contributed by atoms with van der Waals surface area (Å²) in [7, 11) is 0. The molecule has 1 fully saturated rings. The third kappa shape index (κ3) is 3.32. The highest BCUT2D eigenvalue weighted by molar-refractivity contribution is 5.95. The van der Waals surface area contributed by atoms with E-state index in [4.69, 9.17) is 4.74 Å². The molecule has 0 N–H and O–H groups in total. The monoisotopic (exact) mass is 265 g/mol. The predicted molar refractivity (Wildman–Crippen MR) is 71.6 cm³/mol. The number of rotatable bonds is 4. The van der Waals surface area contributed by atoms with Crippen LogP contribution in [0.1, 0.15) is 29.3 Å². The van der Waals surface area contributed by atoms with Crippen LogP contribution in [-0.2, 0) is 4.74 Å². The molecule has 0 saturated carbocycles. The molecule has 104 valence electrons. The number of aryl methyl sites for hydroxylation is 1. The summed E-state index contributed by atoms with van der Waals surface area (Å²) in [4.78, 5) is 14.3. The van der Waals surface area contributed by atoms with Gasteiger partial charge in [-0.3, -0.25) is 4.79 Å². The Morgan fingerprint density at radius 3 is 2.89 bits per heavy atom. The van der Waals surface area contributed by atoms with Gasteiger partial charge in [-0.15, -0.1) is 0 Å². The standard InChI is InChI=1S/C15H20FNO2/c1-3-17(9-12-6-7-19-10-12)15(18)14-5-4-13(16)8-11(14)2/h4-5,8,12H,3,6-7,9-10H2,1-2H3. The van der Waals surface area contributed by atoms with Crippen LogP contribution in [0, 0.1) is 18.7 Å². The number of ether oxygens (including phenoxy) is 1. The van der Waals surface area contributed by atoms with Gasteiger partial charge in [0, 0.05) is 31.2 Å². The average molecular weight is 265 g/mol. The Bertz CT molecular complexity index is 455. The number of carbonyl (C=O) groups excluding carboxylic acids is 1. The van der Waals surface area contributed by atoms with E-state index in [1.54, 1.807) is 13.0 Å². The van der Waals surface area contributed by atoms with Crippen molar-refractivity contribution in [3.8, 4) is 0 Å². The molecule has 1 aromatic rings. The summed E-state index contributed by atoms with van der Waals surface area (Å²) in [6.45, 7) is 6.62. The topological polar surface area (TPSA) is 29.5 Å². The third-order valence-corrected chi connectivity index (χ3v) is 3.59. The summed E-state index contributed by atoms with van der Waals surface area (Å²) < 4.78 is 18.4. The number of nitrogens with zero attached hydrogens (tertiary/aromatic N) is 1. The van der Waals surface area contributed by atoms with Crippen LogP contribution < -0.4 is 0 Å². The zero-order valence-corrected chi connectivity index (χ0v) is 11.5. The van der Waals surface area contributed by atoms with Gasteiger partial charge in [-0.05, 0) is 44.0 Å². The molecule has 0 aliphatic carbocycles. The van der Waals surface area contributed by atoms with Gasteiger partial charge in [-0.1, -0.05) is 0 Å². The first-order chi connectivity index (χ1) is 9.11. The van der Waals surface area contributed by atoms with Crippen LogP contribution in [0.15, 0.2) is 18.2 Å². The van der Waals surface area contributed by atoms with Crippen LogP contribution in [-0.4, -0.2) is 37.1 Å². The molecule has 1 heterocycles. The highest BCUT2D eigenvalue weighted by Gasteiger charge is 2.23. The van der Waals surface area contributed by atoms with E-state index in [0.717, 1.165) is 19.6 Å². The fourth-order valence-corrected chi connectivity index (χ4v) is 2.43. The van der Waals surface area contributed by atoms with Crippen molar-refractivity contribution in [3.63, 3.8) is 0 Å². The van der Waals surface area contributed by atoms with Crippen molar-refractivity contribution in [2.75, 3.05) is 26.3 Å². The van der Waals surface area contributed by atoms with Crippen molar-refractivity contribution in [3.05, 3.63) is 35.1 Å². The molecule has 19 heavy (non-hydrogen) atoms. The van der Waals surface area contributed by atoms with Crippen LogP contribution >= 0.6 is 0 Å². The predicted octanol–water partition coefficient (Wildman–Crippen LogP) is 2.63. The summed E-state index contributed by atoms with van der Waals surface area (Å²) >= 11 is 0. The molecule has 1 unspecified atom stereocenters. The van der Waals surface area contributed by atoms with Crippen molar-refractivity contribution < 1.29 is 13.9 Å². The SMILES string of the molecule is CCN(CC1CCOC1)C(=O)c1ccc(F)cc1C. The molecule has 1 atom stereocenters. The third-order valence-electron chi connectivity index (χ3n) is 3.59. The smallest absolute Gasteiger partial charge is 0.254 e. The summed E-state index contributed by atoms with van der Waals surface area (Å²) in [6, 6.07) is 4.31. The largest absolute Gasteiger partial charge is 0.381 e. The normalized spacial score (nSPS) is 18.6. The van der Waals surface area contributed by atoms with E-state index < -0.39 is 0 Å². The fourth-order valence-electron chi connectivity index (χ4n) is 2.43. The van der Waals surface area contributed by atoms with Crippen LogP contribution in [0.2, 0.25) is 0 Å². The first kappa shape index (κ1) is 14.0. The van der Waals surface area contributed by atoms with E-state index in [0.29, 0.717) is 30.1 Å². The zero-order valence-electron chi connectivity index (χ0n) is 11.5. The second-order valence-corrected chi connectivity index (χ2v) is 5.03. The second-order valence-electron chi connectivity index (χ2n) is 5.03. The Hall–Kier alpha value is -1.42. The van der Waals surface area contributed by atoms with Gasteiger partial charge < -0.3 is 9.64 Å². The van der Waals surface area contributed by atoms with Crippen LogP contribution in [0.4, 0.5) is 4.39 Å². The minimum Gasteiger partial charge on any atom is -0.381 e. The minimum atomic E-state index is -0.304. The summed E-state index contributed by atoms with van der Waals surface area (Å²) in [6.07, 6.45) is 1.01. The van der Waals surface area contributed by atoms with Gasteiger partial charge in [0.15, 0.2) is 0 Å². The molecular weight excluding hydrogens is 245 g/mol. The molecule has 0 radical (unpaired) electrons. The van der Waals surface area contributed by atoms with Gasteiger partial charge in [0.1, 0.15) is 5.82 Å². The molecule has 1 aliphatic heterocycles. The maximum atomic E-state index is 13.1. The fraction of sp³-hybridized carbons (Fsp3) is 0.533. The molecular formula is C15H20FNO2. The molecule has 3 nitrogen and oxygen atoms in total. The molecule has 2 rings (SSSR count). The maximum Gasteiger partial charge on any atom is 0.254 e. The second kappa shape index (κ2) is 6.15. The Labute approximate surface area is 113 Å². The zero-order chi connectivity index (χ0) is 13.8. The lowest BCUT2D eigenvalue weighted by Crippen LogP contribution is -2.35. The first-order valence-electron chi connectivity index (χ1n) is 6.75. The van der Waals surface area contributed by atoms with Gasteiger partial charge >= 0.3 is 0 Å². The Morgan fingerprint density at radius 1 is 1.53 bits per heavy atom. The van der Waals surface area contributed by atoms with Gasteiger partial charge in [-0.25, -0.2) is 4.39 Å². The number of amides is 1. The molecule has 0 aromatic heterocycles. The Morgan fingerprint density at radius 2 is 2.32 bits per heavy atom. The number of carbonyl (C=O) groups is 1. The number of benzene rings is 1. The van der Waals surface area contributed by atoms with Gasteiger partial charge in [-0.2, -0.15) is 0 Å². The van der Waals surface area contributed by atoms with E-state index in [2.05, 4.69) is 0 Å². The molecule has 1 saturated heterocycles. The lowest BCUT2D eigenvalue weighted by atomic mass is 10.1. The molecule has 0 bridgehead atoms. The highest BCUT2D eigenvalue weighted by Crippen LogP contribution is 2.17. The lowest BCUT2D eigenvalue weighted by molar-refractivity contribution is 0.0730. The maximum absolute atomic E-state index is 13.1. The highest BCUT2D eigenvalue weighted by atomic mass is 19.1. The number of hydrogen-bond acceptors (Lipinski definition) is 2. The van der Waals surface area contributed by atoms with E-state index in [9.17, 15) is 9.18 Å². The van der Waals surface area contributed by atoms with E-state index in [-0.39, 0.29) is 11.7 Å². The summed E-state index contributed by atoms with van der Waals surface area (Å²) in [5, 5.41) is 0.